The number of hydrogen-bond donors (Lipinski definition) is 1. The highest BCUT2D eigenvalue weighted by Crippen LogP contribution is 2.35. The summed E-state index contributed by atoms with van der Waals surface area (Å²) in [7, 11) is 0. The highest BCUT2D eigenvalue weighted by Gasteiger charge is 2.30. The van der Waals surface area contributed by atoms with Gasteiger partial charge in [0.1, 0.15) is 0 Å². The first-order chi connectivity index (χ1) is 11.5. The van der Waals surface area contributed by atoms with Crippen LogP contribution in [0.1, 0.15) is 12.8 Å². The van der Waals surface area contributed by atoms with Crippen molar-refractivity contribution >= 4 is 11.4 Å². The molecule has 3 rings (SSSR count). The number of alkyl halides is 2. The minimum Gasteiger partial charge on any atom is -0.427 e. The van der Waals surface area contributed by atoms with Gasteiger partial charge in [-0.2, -0.15) is 13.9 Å². The van der Waals surface area contributed by atoms with Crippen LogP contribution in [0.5, 0.6) is 5.75 Å². The van der Waals surface area contributed by atoms with Gasteiger partial charge in [0.05, 0.1) is 4.92 Å². The van der Waals surface area contributed by atoms with Crippen LogP contribution in [0.4, 0.5) is 20.2 Å². The number of halogens is 2. The lowest BCUT2D eigenvalue weighted by molar-refractivity contribution is -0.386. The third-order valence-electron chi connectivity index (χ3n) is 3.98. The summed E-state index contributed by atoms with van der Waals surface area (Å²) in [6, 6.07) is 5.98. The number of ether oxygens (including phenoxy) is 1. The van der Waals surface area contributed by atoms with Gasteiger partial charge in [0.25, 0.3) is 0 Å². The van der Waals surface area contributed by atoms with E-state index in [-0.39, 0.29) is 6.04 Å². The number of nitro benzene ring substituents is 1. The molecule has 7 nitrogen and oxygen atoms in total. The van der Waals surface area contributed by atoms with Gasteiger partial charge in [-0.15, -0.1) is 0 Å². The predicted octanol–water partition coefficient (Wildman–Crippen LogP) is 3.28. The highest BCUT2D eigenvalue weighted by molar-refractivity contribution is 5.58. The molecule has 1 aliphatic carbocycles. The van der Waals surface area contributed by atoms with E-state index in [0.717, 1.165) is 19.4 Å². The van der Waals surface area contributed by atoms with Crippen LogP contribution in [0.2, 0.25) is 0 Å². The van der Waals surface area contributed by atoms with Gasteiger partial charge in [-0.25, -0.2) is 0 Å². The van der Waals surface area contributed by atoms with Crippen molar-refractivity contribution in [2.24, 2.45) is 5.92 Å². The lowest BCUT2D eigenvalue weighted by Gasteiger charge is -2.36. The van der Waals surface area contributed by atoms with E-state index in [2.05, 4.69) is 15.2 Å². The summed E-state index contributed by atoms with van der Waals surface area (Å²) in [6.45, 7) is -2.27. The Hall–Kier alpha value is -2.71. The van der Waals surface area contributed by atoms with Crippen LogP contribution in [-0.4, -0.2) is 27.4 Å². The average molecular weight is 338 g/mol. The molecule has 0 amide bonds. The average Bonchev–Trinajstić information content (AvgIpc) is 2.97. The van der Waals surface area contributed by atoms with Crippen molar-refractivity contribution in [1.82, 2.24) is 9.78 Å². The summed E-state index contributed by atoms with van der Waals surface area (Å²) in [4.78, 5) is 10.1. The number of hydrogen-bond acceptors (Lipinski definition) is 5. The number of rotatable bonds is 7. The standard InChI is InChI=1S/C15H16F2N4O3/c16-15(17)24-14-8-11(2-3-13(14)21(22)23)19-12-6-10(7-12)9-20-5-1-4-18-20/h1-5,8,10,12,15,19H,6-7,9H2. The molecule has 2 aromatic rings. The van der Waals surface area contributed by atoms with E-state index in [4.69, 9.17) is 0 Å². The Morgan fingerprint density at radius 2 is 2.25 bits per heavy atom. The zero-order chi connectivity index (χ0) is 17.1. The van der Waals surface area contributed by atoms with Crippen LogP contribution in [0.25, 0.3) is 0 Å². The van der Waals surface area contributed by atoms with E-state index < -0.39 is 23.0 Å². The Morgan fingerprint density at radius 3 is 2.88 bits per heavy atom. The number of aromatic nitrogens is 2. The third-order valence-corrected chi connectivity index (χ3v) is 3.98. The first kappa shape index (κ1) is 16.2. The number of nitrogens with zero attached hydrogens (tertiary/aromatic N) is 3. The van der Waals surface area contributed by atoms with Crippen LogP contribution in [0.15, 0.2) is 36.7 Å². The fraction of sp³-hybridized carbons (Fsp3) is 0.400. The van der Waals surface area contributed by atoms with Gasteiger partial charge < -0.3 is 10.1 Å². The SMILES string of the molecule is O=[N+]([O-])c1ccc(NC2CC(Cn3cccn3)C2)cc1OC(F)F. The molecule has 24 heavy (non-hydrogen) atoms. The Morgan fingerprint density at radius 1 is 1.46 bits per heavy atom. The molecule has 0 saturated heterocycles. The smallest absolute Gasteiger partial charge is 0.387 e. The molecule has 128 valence electrons. The molecule has 0 radical (unpaired) electrons. The Kier molecular flexibility index (Phi) is 4.59. The minimum atomic E-state index is -3.11. The molecule has 1 fully saturated rings. The zero-order valence-corrected chi connectivity index (χ0v) is 12.6. The molecule has 0 spiro atoms. The second-order valence-corrected chi connectivity index (χ2v) is 5.72. The van der Waals surface area contributed by atoms with Crippen molar-refractivity contribution < 1.29 is 18.4 Å². The zero-order valence-electron chi connectivity index (χ0n) is 12.6. The Balaban J connectivity index is 1.58. The largest absolute Gasteiger partial charge is 0.427 e. The lowest BCUT2D eigenvalue weighted by atomic mass is 9.80. The van der Waals surface area contributed by atoms with Gasteiger partial charge in [-0.1, -0.05) is 0 Å². The number of nitrogens with one attached hydrogen (secondary N) is 1. The van der Waals surface area contributed by atoms with Gasteiger partial charge in [-0.3, -0.25) is 14.8 Å². The second-order valence-electron chi connectivity index (χ2n) is 5.72. The van der Waals surface area contributed by atoms with Crippen molar-refractivity contribution in [2.75, 3.05) is 5.32 Å². The fourth-order valence-corrected chi connectivity index (χ4v) is 2.86. The Bertz CT molecular complexity index is 703. The molecule has 1 aromatic heterocycles. The second kappa shape index (κ2) is 6.81. The van der Waals surface area contributed by atoms with E-state index in [0.29, 0.717) is 11.6 Å². The van der Waals surface area contributed by atoms with Crippen LogP contribution in [0.3, 0.4) is 0 Å². The predicted molar refractivity (Wildman–Crippen MR) is 82.1 cm³/mol. The van der Waals surface area contributed by atoms with Gasteiger partial charge in [0.15, 0.2) is 0 Å². The highest BCUT2D eigenvalue weighted by atomic mass is 19.3. The van der Waals surface area contributed by atoms with Crippen molar-refractivity contribution in [3.63, 3.8) is 0 Å². The molecule has 1 aromatic carbocycles. The van der Waals surface area contributed by atoms with E-state index in [1.807, 2.05) is 16.9 Å². The molecular weight excluding hydrogens is 322 g/mol. The van der Waals surface area contributed by atoms with E-state index >= 15 is 0 Å². The summed E-state index contributed by atoms with van der Waals surface area (Å²) in [5.41, 5.74) is 0.0461. The third kappa shape index (κ3) is 3.79. The lowest BCUT2D eigenvalue weighted by Crippen LogP contribution is -2.37. The molecule has 0 atom stereocenters. The van der Waals surface area contributed by atoms with Crippen LogP contribution >= 0.6 is 0 Å². The Labute approximate surface area is 136 Å². The van der Waals surface area contributed by atoms with Crippen LogP contribution in [0, 0.1) is 16.0 Å². The molecule has 0 bridgehead atoms. The van der Waals surface area contributed by atoms with Gasteiger partial charge in [-0.05, 0) is 30.9 Å². The summed E-state index contributed by atoms with van der Waals surface area (Å²) < 4.78 is 30.9. The summed E-state index contributed by atoms with van der Waals surface area (Å²) in [5.74, 6) is 0.0599. The van der Waals surface area contributed by atoms with E-state index in [1.54, 1.807) is 6.20 Å². The maximum absolute atomic E-state index is 12.4. The first-order valence-corrected chi connectivity index (χ1v) is 7.48. The van der Waals surface area contributed by atoms with Crippen LogP contribution < -0.4 is 10.1 Å². The quantitative estimate of drug-likeness (QED) is 0.619. The van der Waals surface area contributed by atoms with Gasteiger partial charge in [0, 0.05) is 42.8 Å². The summed E-state index contributed by atoms with van der Waals surface area (Å²) >= 11 is 0. The topological polar surface area (TPSA) is 82.2 Å². The molecule has 0 unspecified atom stereocenters. The van der Waals surface area contributed by atoms with Gasteiger partial charge in [0.2, 0.25) is 5.75 Å². The maximum atomic E-state index is 12.4. The fourth-order valence-electron chi connectivity index (χ4n) is 2.86. The monoisotopic (exact) mass is 338 g/mol. The first-order valence-electron chi connectivity index (χ1n) is 7.48. The van der Waals surface area contributed by atoms with Crippen molar-refractivity contribution in [3.8, 4) is 5.75 Å². The van der Waals surface area contributed by atoms with Crippen molar-refractivity contribution in [2.45, 2.75) is 32.0 Å². The summed E-state index contributed by atoms with van der Waals surface area (Å²) in [6.07, 6.45) is 5.48. The normalized spacial score (nSPS) is 19.8. The van der Waals surface area contributed by atoms with E-state index in [9.17, 15) is 18.9 Å². The molecule has 1 aliphatic rings. The van der Waals surface area contributed by atoms with Crippen molar-refractivity contribution in [1.29, 1.82) is 0 Å². The molecule has 1 heterocycles. The molecule has 1 N–H and O–H groups in total. The minimum absolute atomic E-state index is 0.200. The number of benzene rings is 1. The number of anilines is 1. The van der Waals surface area contributed by atoms with Gasteiger partial charge >= 0.3 is 12.3 Å². The number of nitro groups is 1. The van der Waals surface area contributed by atoms with Crippen LogP contribution in [-0.2, 0) is 6.54 Å². The summed E-state index contributed by atoms with van der Waals surface area (Å²) in [5, 5.41) is 18.2. The maximum Gasteiger partial charge on any atom is 0.387 e. The van der Waals surface area contributed by atoms with Crippen molar-refractivity contribution in [3.05, 3.63) is 46.8 Å². The molecule has 9 heteroatoms. The molecular formula is C15H16F2N4O3. The molecule has 1 saturated carbocycles. The van der Waals surface area contributed by atoms with E-state index in [1.165, 1.54) is 18.2 Å². The molecule has 0 aliphatic heterocycles.